The molecule has 0 radical (unpaired) electrons. The topological polar surface area (TPSA) is 60.9 Å². The average Bonchev–Trinajstić information content (AvgIpc) is 2.26. The lowest BCUT2D eigenvalue weighted by Gasteiger charge is -2.08. The van der Waals surface area contributed by atoms with Crippen molar-refractivity contribution >= 4 is 5.69 Å². The van der Waals surface area contributed by atoms with Gasteiger partial charge in [-0.3, -0.25) is 9.78 Å². The van der Waals surface area contributed by atoms with E-state index in [4.69, 9.17) is 5.73 Å². The molecular weight excluding hydrogens is 214 g/mol. The third kappa shape index (κ3) is 2.53. The van der Waals surface area contributed by atoms with Crippen LogP contribution >= 0.6 is 0 Å². The molecule has 2 aromatic rings. The lowest BCUT2D eigenvalue weighted by Crippen LogP contribution is -2.20. The number of nitrogen functional groups attached to an aromatic ring is 1. The molecule has 2 aromatic heterocycles. The molecule has 2 N–H and O–H groups in total. The maximum absolute atomic E-state index is 11.8. The van der Waals surface area contributed by atoms with Gasteiger partial charge >= 0.3 is 0 Å². The Morgan fingerprint density at radius 3 is 2.76 bits per heavy atom. The van der Waals surface area contributed by atoms with E-state index >= 15 is 0 Å². The first kappa shape index (κ1) is 11.4. The minimum Gasteiger partial charge on any atom is -0.397 e. The van der Waals surface area contributed by atoms with Crippen molar-refractivity contribution in [2.45, 2.75) is 20.4 Å². The first-order chi connectivity index (χ1) is 8.06. The van der Waals surface area contributed by atoms with E-state index in [1.165, 1.54) is 0 Å². The van der Waals surface area contributed by atoms with Crippen molar-refractivity contribution in [2.24, 2.45) is 0 Å². The van der Waals surface area contributed by atoms with E-state index < -0.39 is 0 Å². The summed E-state index contributed by atoms with van der Waals surface area (Å²) < 4.78 is 1.60. The molecule has 4 heteroatoms. The molecule has 0 fully saturated rings. The van der Waals surface area contributed by atoms with Crippen molar-refractivity contribution in [2.75, 3.05) is 5.73 Å². The second-order valence-electron chi connectivity index (χ2n) is 4.25. The van der Waals surface area contributed by atoms with Crippen LogP contribution in [-0.4, -0.2) is 9.55 Å². The van der Waals surface area contributed by atoms with E-state index in [2.05, 4.69) is 4.98 Å². The maximum Gasteiger partial charge on any atom is 0.251 e. The fourth-order valence-corrected chi connectivity index (χ4v) is 1.71. The van der Waals surface area contributed by atoms with Crippen LogP contribution in [0.1, 0.15) is 16.7 Å². The molecule has 0 saturated heterocycles. The molecule has 0 spiro atoms. The summed E-state index contributed by atoms with van der Waals surface area (Å²) >= 11 is 0. The van der Waals surface area contributed by atoms with Gasteiger partial charge < -0.3 is 10.3 Å². The van der Waals surface area contributed by atoms with Gasteiger partial charge in [0.1, 0.15) is 0 Å². The van der Waals surface area contributed by atoms with Crippen LogP contribution in [0.25, 0.3) is 0 Å². The predicted octanol–water partition coefficient (Wildman–Crippen LogP) is 1.49. The van der Waals surface area contributed by atoms with Gasteiger partial charge in [0.2, 0.25) is 0 Å². The summed E-state index contributed by atoms with van der Waals surface area (Å²) in [6.45, 7) is 4.30. The summed E-state index contributed by atoms with van der Waals surface area (Å²) in [6.07, 6.45) is 5.23. The minimum atomic E-state index is -0.0433. The number of aryl methyl sites for hydroxylation is 2. The van der Waals surface area contributed by atoms with E-state index in [1.807, 2.05) is 19.9 Å². The van der Waals surface area contributed by atoms with Crippen molar-refractivity contribution in [3.8, 4) is 0 Å². The third-order valence-electron chi connectivity index (χ3n) is 2.66. The van der Waals surface area contributed by atoms with Crippen LogP contribution in [0.15, 0.2) is 35.5 Å². The van der Waals surface area contributed by atoms with Gasteiger partial charge in [0.25, 0.3) is 5.56 Å². The Morgan fingerprint density at radius 1 is 1.29 bits per heavy atom. The van der Waals surface area contributed by atoms with E-state index in [9.17, 15) is 4.79 Å². The fraction of sp³-hybridized carbons (Fsp3) is 0.231. The molecule has 17 heavy (non-hydrogen) atoms. The molecule has 0 aliphatic rings. The molecule has 0 bridgehead atoms. The Morgan fingerprint density at radius 2 is 2.06 bits per heavy atom. The normalized spacial score (nSPS) is 10.5. The van der Waals surface area contributed by atoms with Gasteiger partial charge in [-0.1, -0.05) is 6.07 Å². The highest BCUT2D eigenvalue weighted by Crippen LogP contribution is 2.08. The molecular formula is C13H15N3O. The Hall–Kier alpha value is -2.10. The van der Waals surface area contributed by atoms with Gasteiger partial charge in [-0.25, -0.2) is 0 Å². The van der Waals surface area contributed by atoms with E-state index in [0.717, 1.165) is 16.7 Å². The van der Waals surface area contributed by atoms with Crippen molar-refractivity contribution in [1.82, 2.24) is 9.55 Å². The Balaban J connectivity index is 2.37. The van der Waals surface area contributed by atoms with Crippen molar-refractivity contribution in [1.29, 1.82) is 0 Å². The highest BCUT2D eigenvalue weighted by atomic mass is 16.1. The second-order valence-corrected chi connectivity index (χ2v) is 4.25. The first-order valence-corrected chi connectivity index (χ1v) is 5.43. The molecule has 2 heterocycles. The summed E-state index contributed by atoms with van der Waals surface area (Å²) in [7, 11) is 0. The number of anilines is 1. The zero-order valence-corrected chi connectivity index (χ0v) is 9.97. The van der Waals surface area contributed by atoms with Gasteiger partial charge in [0.05, 0.1) is 12.2 Å². The molecule has 2 rings (SSSR count). The van der Waals surface area contributed by atoms with Crippen LogP contribution in [-0.2, 0) is 6.54 Å². The predicted molar refractivity (Wildman–Crippen MR) is 67.9 cm³/mol. The van der Waals surface area contributed by atoms with Crippen LogP contribution in [0.5, 0.6) is 0 Å². The standard InChI is InChI=1S/C13H15N3O/c1-9-3-11(6-15-5-9)7-16-8-12(14)10(2)4-13(16)17/h3-6,8H,7,14H2,1-2H3. The van der Waals surface area contributed by atoms with Crippen molar-refractivity contribution in [3.05, 3.63) is 57.8 Å². The number of nitrogens with two attached hydrogens (primary N) is 1. The molecule has 0 aliphatic carbocycles. The van der Waals surface area contributed by atoms with Crippen LogP contribution in [0.3, 0.4) is 0 Å². The highest BCUT2D eigenvalue weighted by Gasteiger charge is 2.02. The fourth-order valence-electron chi connectivity index (χ4n) is 1.71. The number of pyridine rings is 2. The van der Waals surface area contributed by atoms with Gasteiger partial charge in [-0.2, -0.15) is 0 Å². The molecule has 88 valence electrons. The molecule has 0 amide bonds. The highest BCUT2D eigenvalue weighted by molar-refractivity contribution is 5.43. The van der Waals surface area contributed by atoms with Crippen LogP contribution in [0.2, 0.25) is 0 Å². The zero-order chi connectivity index (χ0) is 12.4. The largest absolute Gasteiger partial charge is 0.397 e. The summed E-state index contributed by atoms with van der Waals surface area (Å²) in [5.41, 5.74) is 9.27. The Bertz CT molecular complexity index is 602. The van der Waals surface area contributed by atoms with Crippen LogP contribution in [0, 0.1) is 13.8 Å². The smallest absolute Gasteiger partial charge is 0.251 e. The Kier molecular flexibility index (Phi) is 2.95. The molecule has 0 atom stereocenters. The van der Waals surface area contributed by atoms with Crippen molar-refractivity contribution < 1.29 is 0 Å². The molecule has 4 nitrogen and oxygen atoms in total. The molecule has 0 unspecified atom stereocenters. The lowest BCUT2D eigenvalue weighted by molar-refractivity contribution is 0.755. The number of nitrogens with zero attached hydrogens (tertiary/aromatic N) is 2. The summed E-state index contributed by atoms with van der Waals surface area (Å²) in [5.74, 6) is 0. The summed E-state index contributed by atoms with van der Waals surface area (Å²) in [4.78, 5) is 15.9. The lowest BCUT2D eigenvalue weighted by atomic mass is 10.2. The monoisotopic (exact) mass is 229 g/mol. The second kappa shape index (κ2) is 4.41. The van der Waals surface area contributed by atoms with Gasteiger partial charge in [0.15, 0.2) is 0 Å². The number of hydrogen-bond acceptors (Lipinski definition) is 3. The minimum absolute atomic E-state index is 0.0433. The SMILES string of the molecule is Cc1cncc(Cn2cc(N)c(C)cc2=O)c1. The van der Waals surface area contributed by atoms with Gasteiger partial charge in [0, 0.05) is 24.7 Å². The molecule has 0 aliphatic heterocycles. The third-order valence-corrected chi connectivity index (χ3v) is 2.66. The van der Waals surface area contributed by atoms with Crippen LogP contribution < -0.4 is 11.3 Å². The average molecular weight is 229 g/mol. The first-order valence-electron chi connectivity index (χ1n) is 5.43. The number of aromatic nitrogens is 2. The molecule has 0 aromatic carbocycles. The van der Waals surface area contributed by atoms with E-state index in [-0.39, 0.29) is 5.56 Å². The maximum atomic E-state index is 11.8. The zero-order valence-electron chi connectivity index (χ0n) is 9.97. The van der Waals surface area contributed by atoms with Crippen molar-refractivity contribution in [3.63, 3.8) is 0 Å². The van der Waals surface area contributed by atoms with Gasteiger partial charge in [-0.05, 0) is 30.5 Å². The van der Waals surface area contributed by atoms with Crippen LogP contribution in [0.4, 0.5) is 5.69 Å². The Labute approximate surface area is 99.7 Å². The number of rotatable bonds is 2. The summed E-state index contributed by atoms with van der Waals surface area (Å²) in [5, 5.41) is 0. The van der Waals surface area contributed by atoms with Gasteiger partial charge in [-0.15, -0.1) is 0 Å². The number of hydrogen-bond donors (Lipinski definition) is 1. The quantitative estimate of drug-likeness (QED) is 0.848. The summed E-state index contributed by atoms with van der Waals surface area (Å²) in [6, 6.07) is 3.56. The van der Waals surface area contributed by atoms with E-state index in [1.54, 1.807) is 29.2 Å². The van der Waals surface area contributed by atoms with E-state index in [0.29, 0.717) is 12.2 Å². The molecule has 0 saturated carbocycles.